The van der Waals surface area contributed by atoms with Crippen LogP contribution in [0.25, 0.3) is 0 Å². The minimum atomic E-state index is -0.700. The summed E-state index contributed by atoms with van der Waals surface area (Å²) in [5.41, 5.74) is 0.488. The molecule has 0 amide bonds. The van der Waals surface area contributed by atoms with Crippen LogP contribution in [-0.4, -0.2) is 23.3 Å². The maximum absolute atomic E-state index is 11.8. The number of ether oxygens (including phenoxy) is 1. The van der Waals surface area contributed by atoms with Crippen LogP contribution in [0.1, 0.15) is 20.7 Å². The standard InChI is InChI=1S/C15H11NO5/c17-14(11-4-2-1-3-5-11)10-21-15(18)12-6-8-13(9-7-12)16(19)20/h1-9H,10H2. The molecule has 21 heavy (non-hydrogen) atoms. The molecule has 0 aromatic heterocycles. The molecule has 0 aliphatic heterocycles. The Bertz CT molecular complexity index is 664. The summed E-state index contributed by atoms with van der Waals surface area (Å²) in [6.45, 7) is -0.375. The van der Waals surface area contributed by atoms with Crippen molar-refractivity contribution in [3.63, 3.8) is 0 Å². The lowest BCUT2D eigenvalue weighted by Gasteiger charge is -2.04. The van der Waals surface area contributed by atoms with Gasteiger partial charge in [0.1, 0.15) is 0 Å². The van der Waals surface area contributed by atoms with E-state index in [1.165, 1.54) is 24.3 Å². The minimum absolute atomic E-state index is 0.119. The van der Waals surface area contributed by atoms with E-state index in [1.807, 2.05) is 0 Å². The highest BCUT2D eigenvalue weighted by molar-refractivity contribution is 5.99. The Kier molecular flexibility index (Phi) is 4.40. The molecule has 0 atom stereocenters. The van der Waals surface area contributed by atoms with Gasteiger partial charge in [-0.25, -0.2) is 4.79 Å². The van der Waals surface area contributed by atoms with Crippen molar-refractivity contribution >= 4 is 17.4 Å². The van der Waals surface area contributed by atoms with Gasteiger partial charge in [0, 0.05) is 17.7 Å². The largest absolute Gasteiger partial charge is 0.454 e. The fourth-order valence-electron chi connectivity index (χ4n) is 1.64. The predicted molar refractivity (Wildman–Crippen MR) is 74.2 cm³/mol. The van der Waals surface area contributed by atoms with Crippen molar-refractivity contribution in [2.45, 2.75) is 0 Å². The number of nitro groups is 1. The Morgan fingerprint density at radius 3 is 2.14 bits per heavy atom. The normalized spacial score (nSPS) is 9.90. The fourth-order valence-corrected chi connectivity index (χ4v) is 1.64. The number of carbonyl (C=O) groups excluding carboxylic acids is 2. The summed E-state index contributed by atoms with van der Waals surface area (Å²) in [5.74, 6) is -1.01. The first kappa shape index (κ1) is 14.4. The van der Waals surface area contributed by atoms with Crippen LogP contribution in [0.2, 0.25) is 0 Å². The van der Waals surface area contributed by atoms with Gasteiger partial charge in [0.15, 0.2) is 12.4 Å². The second kappa shape index (κ2) is 6.42. The van der Waals surface area contributed by atoms with Crippen LogP contribution < -0.4 is 0 Å². The van der Waals surface area contributed by atoms with Crippen LogP contribution in [0, 0.1) is 10.1 Å². The van der Waals surface area contributed by atoms with Crippen LogP contribution in [-0.2, 0) is 4.74 Å². The van der Waals surface area contributed by atoms with Gasteiger partial charge in [-0.2, -0.15) is 0 Å². The van der Waals surface area contributed by atoms with Crippen molar-refractivity contribution in [1.82, 2.24) is 0 Å². The average Bonchev–Trinajstić information content (AvgIpc) is 2.53. The number of non-ortho nitro benzene ring substituents is 1. The van der Waals surface area contributed by atoms with Gasteiger partial charge in [0.05, 0.1) is 10.5 Å². The number of rotatable bonds is 5. The highest BCUT2D eigenvalue weighted by Crippen LogP contribution is 2.12. The van der Waals surface area contributed by atoms with E-state index in [2.05, 4.69) is 0 Å². The van der Waals surface area contributed by atoms with E-state index in [-0.39, 0.29) is 23.6 Å². The number of benzene rings is 2. The monoisotopic (exact) mass is 285 g/mol. The summed E-state index contributed by atoms with van der Waals surface area (Å²) in [4.78, 5) is 33.4. The smallest absolute Gasteiger partial charge is 0.338 e. The van der Waals surface area contributed by atoms with E-state index in [0.717, 1.165) is 0 Å². The Labute approximate surface area is 120 Å². The molecule has 0 saturated carbocycles. The summed E-state index contributed by atoms with van der Waals surface area (Å²) >= 11 is 0. The van der Waals surface area contributed by atoms with E-state index >= 15 is 0 Å². The van der Waals surface area contributed by atoms with Crippen molar-refractivity contribution < 1.29 is 19.2 Å². The van der Waals surface area contributed by atoms with Crippen molar-refractivity contribution in [3.05, 3.63) is 75.8 Å². The second-order valence-corrected chi connectivity index (χ2v) is 4.17. The molecule has 6 heteroatoms. The Hall–Kier alpha value is -3.02. The SMILES string of the molecule is O=C(COC(=O)c1ccc([N+](=O)[O-])cc1)c1ccccc1. The molecule has 6 nitrogen and oxygen atoms in total. The molecule has 0 aliphatic rings. The zero-order valence-corrected chi connectivity index (χ0v) is 10.9. The maximum atomic E-state index is 11.8. The topological polar surface area (TPSA) is 86.5 Å². The molecule has 2 rings (SSSR count). The first-order chi connectivity index (χ1) is 10.1. The molecule has 0 bridgehead atoms. The van der Waals surface area contributed by atoms with Crippen LogP contribution >= 0.6 is 0 Å². The van der Waals surface area contributed by atoms with Gasteiger partial charge >= 0.3 is 5.97 Å². The Morgan fingerprint density at radius 1 is 0.952 bits per heavy atom. The van der Waals surface area contributed by atoms with Gasteiger partial charge in [-0.3, -0.25) is 14.9 Å². The summed E-state index contributed by atoms with van der Waals surface area (Å²) in [6.07, 6.45) is 0. The number of ketones is 1. The molecular formula is C15H11NO5. The summed E-state index contributed by atoms with van der Waals surface area (Å²) < 4.78 is 4.89. The highest BCUT2D eigenvalue weighted by atomic mass is 16.6. The predicted octanol–water partition coefficient (Wildman–Crippen LogP) is 2.63. The fraction of sp³-hybridized carbons (Fsp3) is 0.0667. The van der Waals surface area contributed by atoms with Gasteiger partial charge in [-0.1, -0.05) is 30.3 Å². The zero-order chi connectivity index (χ0) is 15.2. The second-order valence-electron chi connectivity index (χ2n) is 4.17. The minimum Gasteiger partial charge on any atom is -0.454 e. The molecule has 0 fully saturated rings. The Balaban J connectivity index is 1.96. The third kappa shape index (κ3) is 3.73. The molecule has 2 aromatic rings. The highest BCUT2D eigenvalue weighted by Gasteiger charge is 2.13. The van der Waals surface area contributed by atoms with Gasteiger partial charge in [0.25, 0.3) is 5.69 Å². The number of Topliss-reactive ketones (excluding diaryl/α,β-unsaturated/α-hetero) is 1. The number of carbonyl (C=O) groups is 2. The first-order valence-electron chi connectivity index (χ1n) is 6.08. The van der Waals surface area contributed by atoms with Gasteiger partial charge in [-0.05, 0) is 12.1 Å². The average molecular weight is 285 g/mol. The third-order valence-electron chi connectivity index (χ3n) is 2.74. The van der Waals surface area contributed by atoms with E-state index in [0.29, 0.717) is 5.56 Å². The van der Waals surface area contributed by atoms with Gasteiger partial charge < -0.3 is 4.74 Å². The van der Waals surface area contributed by atoms with Crippen molar-refractivity contribution in [1.29, 1.82) is 0 Å². The van der Waals surface area contributed by atoms with E-state index < -0.39 is 10.9 Å². The lowest BCUT2D eigenvalue weighted by atomic mass is 10.1. The van der Waals surface area contributed by atoms with Crippen LogP contribution in [0.15, 0.2) is 54.6 Å². The lowest BCUT2D eigenvalue weighted by Crippen LogP contribution is -2.14. The quantitative estimate of drug-likeness (QED) is 0.365. The van der Waals surface area contributed by atoms with Crippen LogP contribution in [0.5, 0.6) is 0 Å². The van der Waals surface area contributed by atoms with Crippen molar-refractivity contribution in [2.75, 3.05) is 6.61 Å². The number of nitro benzene ring substituents is 1. The van der Waals surface area contributed by atoms with Crippen molar-refractivity contribution in [2.24, 2.45) is 0 Å². The first-order valence-corrected chi connectivity index (χ1v) is 6.08. The third-order valence-corrected chi connectivity index (χ3v) is 2.74. The molecule has 0 unspecified atom stereocenters. The summed E-state index contributed by atoms with van der Waals surface area (Å²) in [6, 6.07) is 13.4. The zero-order valence-electron chi connectivity index (χ0n) is 10.9. The maximum Gasteiger partial charge on any atom is 0.338 e. The molecule has 0 spiro atoms. The van der Waals surface area contributed by atoms with Gasteiger partial charge in [0.2, 0.25) is 0 Å². The van der Waals surface area contributed by atoms with Crippen LogP contribution in [0.4, 0.5) is 5.69 Å². The number of hydrogen-bond acceptors (Lipinski definition) is 5. The number of esters is 1. The molecule has 0 N–H and O–H groups in total. The van der Waals surface area contributed by atoms with E-state index in [4.69, 9.17) is 4.74 Å². The molecular weight excluding hydrogens is 274 g/mol. The summed E-state index contributed by atoms with van der Waals surface area (Å²) in [7, 11) is 0. The molecule has 0 saturated heterocycles. The lowest BCUT2D eigenvalue weighted by molar-refractivity contribution is -0.384. The van der Waals surface area contributed by atoms with Crippen molar-refractivity contribution in [3.8, 4) is 0 Å². The summed E-state index contributed by atoms with van der Waals surface area (Å²) in [5, 5.41) is 10.5. The number of nitrogens with zero attached hydrogens (tertiary/aromatic N) is 1. The molecule has 2 aromatic carbocycles. The number of hydrogen-bond donors (Lipinski definition) is 0. The molecule has 0 radical (unpaired) electrons. The van der Waals surface area contributed by atoms with E-state index in [1.54, 1.807) is 30.3 Å². The molecule has 0 aliphatic carbocycles. The Morgan fingerprint density at radius 2 is 1.57 bits per heavy atom. The molecule has 106 valence electrons. The van der Waals surface area contributed by atoms with E-state index in [9.17, 15) is 19.7 Å². The van der Waals surface area contributed by atoms with Crippen LogP contribution in [0.3, 0.4) is 0 Å². The molecule has 0 heterocycles. The van der Waals surface area contributed by atoms with Gasteiger partial charge in [-0.15, -0.1) is 0 Å².